The van der Waals surface area contributed by atoms with E-state index in [9.17, 15) is 0 Å². The summed E-state index contributed by atoms with van der Waals surface area (Å²) >= 11 is 4.62. The van der Waals surface area contributed by atoms with Gasteiger partial charge < -0.3 is 4.57 Å². The van der Waals surface area contributed by atoms with Gasteiger partial charge in [-0.3, -0.25) is 0 Å². The molecule has 0 N–H and O–H groups in total. The van der Waals surface area contributed by atoms with Gasteiger partial charge in [-0.1, -0.05) is 12.1 Å². The van der Waals surface area contributed by atoms with Gasteiger partial charge in [-0.05, 0) is 24.6 Å². The van der Waals surface area contributed by atoms with Crippen molar-refractivity contribution in [3.05, 3.63) is 24.3 Å². The van der Waals surface area contributed by atoms with Gasteiger partial charge in [0.15, 0.2) is 5.16 Å². The van der Waals surface area contributed by atoms with Crippen molar-refractivity contribution < 1.29 is 0 Å². The summed E-state index contributed by atoms with van der Waals surface area (Å²) in [6.07, 6.45) is 4.27. The Morgan fingerprint density at radius 3 is 2.50 bits per heavy atom. The van der Waals surface area contributed by atoms with Crippen LogP contribution in [0.2, 0.25) is 0 Å². The molecule has 1 heterocycles. The van der Waals surface area contributed by atoms with E-state index in [-0.39, 0.29) is 0 Å². The Bertz CT molecular complexity index is 468. The molecule has 0 spiro atoms. The molecule has 0 radical (unpaired) electrons. The summed E-state index contributed by atoms with van der Waals surface area (Å²) in [7, 11) is 1.00. The Balaban J connectivity index is 2.75. The standard InChI is InChI=1S/C10H14N2S2/c1-12-9-7-5-4-6-8(9)11-10(12)14(2,3)13/h4-7,13H,1-3H3. The highest BCUT2D eigenvalue weighted by atomic mass is 33.1. The highest BCUT2D eigenvalue weighted by molar-refractivity contribution is 8.87. The number of benzene rings is 1. The van der Waals surface area contributed by atoms with Crippen LogP contribution < -0.4 is 0 Å². The number of fused-ring (bicyclic) bond motifs is 1. The van der Waals surface area contributed by atoms with E-state index in [1.165, 1.54) is 5.52 Å². The number of hydrogen-bond donors (Lipinski definition) is 1. The first-order valence-electron chi connectivity index (χ1n) is 4.37. The van der Waals surface area contributed by atoms with Crippen LogP contribution in [-0.2, 0) is 7.05 Å². The second-order valence-electron chi connectivity index (χ2n) is 3.72. The summed E-state index contributed by atoms with van der Waals surface area (Å²) < 4.78 is 2.14. The fourth-order valence-corrected chi connectivity index (χ4v) is 3.15. The van der Waals surface area contributed by atoms with Crippen LogP contribution in [0.5, 0.6) is 0 Å². The van der Waals surface area contributed by atoms with Crippen LogP contribution >= 0.6 is 20.7 Å². The van der Waals surface area contributed by atoms with Crippen molar-refractivity contribution in [2.45, 2.75) is 5.16 Å². The minimum Gasteiger partial charge on any atom is -0.323 e. The molecule has 1 aromatic carbocycles. The Kier molecular flexibility index (Phi) is 2.27. The molecule has 76 valence electrons. The molecule has 0 aliphatic rings. The lowest BCUT2D eigenvalue weighted by Gasteiger charge is -2.22. The number of hydrogen-bond acceptors (Lipinski definition) is 2. The molecule has 0 amide bonds. The minimum absolute atomic E-state index is 1.05. The predicted octanol–water partition coefficient (Wildman–Crippen LogP) is 2.84. The smallest absolute Gasteiger partial charge is 0.159 e. The lowest BCUT2D eigenvalue weighted by atomic mass is 10.3. The van der Waals surface area contributed by atoms with E-state index in [0.29, 0.717) is 0 Å². The van der Waals surface area contributed by atoms with E-state index < -0.39 is 9.06 Å². The van der Waals surface area contributed by atoms with E-state index in [2.05, 4.69) is 46.8 Å². The van der Waals surface area contributed by atoms with Gasteiger partial charge in [0.2, 0.25) is 0 Å². The molecular weight excluding hydrogens is 212 g/mol. The van der Waals surface area contributed by atoms with Gasteiger partial charge in [-0.15, -0.1) is 20.7 Å². The zero-order chi connectivity index (χ0) is 10.3. The molecule has 2 rings (SSSR count). The lowest BCUT2D eigenvalue weighted by Crippen LogP contribution is -1.98. The fraction of sp³-hybridized carbons (Fsp3) is 0.300. The first-order chi connectivity index (χ1) is 6.50. The SMILES string of the molecule is Cn1c(S(C)(C)S)nc2ccccc21. The average molecular weight is 226 g/mol. The third kappa shape index (κ3) is 1.53. The zero-order valence-electron chi connectivity index (χ0n) is 8.56. The molecule has 14 heavy (non-hydrogen) atoms. The Morgan fingerprint density at radius 2 is 1.93 bits per heavy atom. The minimum atomic E-state index is -1.05. The van der Waals surface area contributed by atoms with E-state index in [0.717, 1.165) is 10.7 Å². The summed E-state index contributed by atoms with van der Waals surface area (Å²) in [6, 6.07) is 8.18. The van der Waals surface area contributed by atoms with Gasteiger partial charge in [-0.25, -0.2) is 4.98 Å². The number of rotatable bonds is 1. The molecule has 0 fully saturated rings. The molecule has 1 aromatic heterocycles. The summed E-state index contributed by atoms with van der Waals surface area (Å²) in [5, 5.41) is 1.09. The van der Waals surface area contributed by atoms with Crippen molar-refractivity contribution in [2.24, 2.45) is 7.05 Å². The summed E-state index contributed by atoms with van der Waals surface area (Å²) in [6.45, 7) is 0. The molecule has 0 aliphatic carbocycles. The van der Waals surface area contributed by atoms with Crippen LogP contribution in [0.3, 0.4) is 0 Å². The summed E-state index contributed by atoms with van der Waals surface area (Å²) in [5.41, 5.74) is 2.23. The molecule has 0 bridgehead atoms. The van der Waals surface area contributed by atoms with Gasteiger partial charge in [-0.2, -0.15) is 0 Å². The number of aryl methyl sites for hydroxylation is 1. The number of nitrogens with zero attached hydrogens (tertiary/aromatic N) is 2. The van der Waals surface area contributed by atoms with Gasteiger partial charge in [0, 0.05) is 7.05 Å². The van der Waals surface area contributed by atoms with Crippen molar-refractivity contribution in [2.75, 3.05) is 12.5 Å². The molecular formula is C10H14N2S2. The number of thiol groups is 1. The van der Waals surface area contributed by atoms with Gasteiger partial charge in [0.25, 0.3) is 0 Å². The van der Waals surface area contributed by atoms with Crippen LogP contribution in [0.25, 0.3) is 11.0 Å². The quantitative estimate of drug-likeness (QED) is 0.585. The third-order valence-corrected chi connectivity index (χ3v) is 3.94. The molecule has 0 aliphatic heterocycles. The maximum atomic E-state index is 4.62. The maximum absolute atomic E-state index is 4.62. The lowest BCUT2D eigenvalue weighted by molar-refractivity contribution is 0.812. The number of para-hydroxylation sites is 2. The highest BCUT2D eigenvalue weighted by Gasteiger charge is 2.17. The van der Waals surface area contributed by atoms with Crippen molar-refractivity contribution in [1.82, 2.24) is 9.55 Å². The van der Waals surface area contributed by atoms with Crippen LogP contribution in [0.1, 0.15) is 0 Å². The van der Waals surface area contributed by atoms with Crippen LogP contribution in [0, 0.1) is 0 Å². The first kappa shape index (κ1) is 9.93. The Labute approximate surface area is 90.5 Å². The Morgan fingerprint density at radius 1 is 1.29 bits per heavy atom. The van der Waals surface area contributed by atoms with E-state index in [1.54, 1.807) is 0 Å². The second-order valence-corrected chi connectivity index (χ2v) is 9.36. The zero-order valence-corrected chi connectivity index (χ0v) is 10.3. The summed E-state index contributed by atoms with van der Waals surface area (Å²) in [4.78, 5) is 4.61. The van der Waals surface area contributed by atoms with Crippen LogP contribution in [0.15, 0.2) is 29.4 Å². The number of aromatic nitrogens is 2. The van der Waals surface area contributed by atoms with Crippen LogP contribution in [-0.4, -0.2) is 22.1 Å². The normalized spacial score (nSPS) is 13.4. The van der Waals surface area contributed by atoms with Gasteiger partial charge >= 0.3 is 0 Å². The van der Waals surface area contributed by atoms with Gasteiger partial charge in [0.1, 0.15) is 0 Å². The topological polar surface area (TPSA) is 17.8 Å². The Hall–Kier alpha value is -0.610. The average Bonchev–Trinajstić information content (AvgIpc) is 2.44. The second kappa shape index (κ2) is 3.21. The van der Waals surface area contributed by atoms with Crippen molar-refractivity contribution in [3.63, 3.8) is 0 Å². The van der Waals surface area contributed by atoms with Crippen molar-refractivity contribution in [1.29, 1.82) is 0 Å². The monoisotopic (exact) mass is 226 g/mol. The highest BCUT2D eigenvalue weighted by Crippen LogP contribution is 2.52. The predicted molar refractivity (Wildman–Crippen MR) is 67.4 cm³/mol. The molecule has 0 saturated heterocycles. The fourth-order valence-electron chi connectivity index (χ4n) is 1.57. The molecule has 2 nitrogen and oxygen atoms in total. The molecule has 0 atom stereocenters. The van der Waals surface area contributed by atoms with E-state index >= 15 is 0 Å². The van der Waals surface area contributed by atoms with Crippen LogP contribution in [0.4, 0.5) is 0 Å². The van der Waals surface area contributed by atoms with Crippen molar-refractivity contribution >= 4 is 31.8 Å². The maximum Gasteiger partial charge on any atom is 0.159 e. The first-order valence-corrected chi connectivity index (χ1v) is 7.87. The third-order valence-electron chi connectivity index (χ3n) is 2.19. The molecule has 0 saturated carbocycles. The number of imidazole rings is 1. The largest absolute Gasteiger partial charge is 0.323 e. The molecule has 0 unspecified atom stereocenters. The molecule has 4 heteroatoms. The van der Waals surface area contributed by atoms with E-state index in [1.807, 2.05) is 18.2 Å². The summed E-state index contributed by atoms with van der Waals surface area (Å²) in [5.74, 6) is 0. The molecule has 2 aromatic rings. The van der Waals surface area contributed by atoms with E-state index in [4.69, 9.17) is 0 Å². The van der Waals surface area contributed by atoms with Crippen molar-refractivity contribution in [3.8, 4) is 0 Å². The van der Waals surface area contributed by atoms with Gasteiger partial charge in [0.05, 0.1) is 11.0 Å².